The molecule has 0 bridgehead atoms. The van der Waals surface area contributed by atoms with Crippen LogP contribution < -0.4 is 9.09 Å². The van der Waals surface area contributed by atoms with Gasteiger partial charge in [0.15, 0.2) is 0 Å². The molecule has 2 aromatic rings. The molecule has 2 unspecified atom stereocenters. The van der Waals surface area contributed by atoms with Crippen molar-refractivity contribution in [3.63, 3.8) is 0 Å². The van der Waals surface area contributed by atoms with E-state index >= 15 is 0 Å². The maximum absolute atomic E-state index is 9.43. The molecular weight excluding hydrogens is 311 g/mol. The van der Waals surface area contributed by atoms with E-state index in [-0.39, 0.29) is 0 Å². The van der Waals surface area contributed by atoms with Crippen LogP contribution in [0.25, 0.3) is 0 Å². The maximum atomic E-state index is 9.43. The Kier molecular flexibility index (Phi) is 4.34. The van der Waals surface area contributed by atoms with Gasteiger partial charge in [-0.3, -0.25) is 0 Å². The van der Waals surface area contributed by atoms with E-state index in [0.29, 0.717) is 5.02 Å². The fourth-order valence-corrected chi connectivity index (χ4v) is 2.66. The van der Waals surface area contributed by atoms with Crippen LogP contribution >= 0.6 is 11.6 Å². The fourth-order valence-electron chi connectivity index (χ4n) is 1.55. The zero-order chi connectivity index (χ0) is 13.1. The molecule has 0 aliphatic carbocycles. The van der Waals surface area contributed by atoms with Crippen molar-refractivity contribution < 1.29 is 9.84 Å². The van der Waals surface area contributed by atoms with Crippen LogP contribution in [-0.4, -0.2) is 22.0 Å². The van der Waals surface area contributed by atoms with E-state index in [1.807, 2.05) is 42.5 Å². The van der Waals surface area contributed by atoms with Crippen molar-refractivity contribution in [1.29, 1.82) is 0 Å². The van der Waals surface area contributed by atoms with Gasteiger partial charge in [0, 0.05) is 0 Å². The molecule has 94 valence electrons. The number of aliphatic hydroxyl groups excluding tert-OH is 1. The van der Waals surface area contributed by atoms with Crippen LogP contribution in [0.15, 0.2) is 42.5 Å². The van der Waals surface area contributed by atoms with Crippen LogP contribution in [0.4, 0.5) is 0 Å². The van der Waals surface area contributed by atoms with E-state index in [0.717, 1.165) is 21.4 Å². The summed E-state index contributed by atoms with van der Waals surface area (Å²) in [5.41, 5.74) is 0.874. The molecular formula is C14H14AsClO2. The molecule has 0 fully saturated rings. The Hall–Kier alpha value is -0.952. The Morgan fingerprint density at radius 3 is 2.39 bits per heavy atom. The van der Waals surface area contributed by atoms with Crippen molar-refractivity contribution >= 4 is 32.8 Å². The van der Waals surface area contributed by atoms with Crippen LogP contribution in [0, 0.1) is 0 Å². The Balaban J connectivity index is 2.18. The summed E-state index contributed by atoms with van der Waals surface area (Å²) in [4.78, 5) is 0. The van der Waals surface area contributed by atoms with Gasteiger partial charge in [0.1, 0.15) is 0 Å². The van der Waals surface area contributed by atoms with E-state index in [1.54, 1.807) is 6.92 Å². The molecule has 0 saturated carbocycles. The van der Waals surface area contributed by atoms with Crippen molar-refractivity contribution in [2.45, 2.75) is 13.0 Å². The van der Waals surface area contributed by atoms with Crippen molar-refractivity contribution in [2.24, 2.45) is 0 Å². The molecule has 1 N–H and O–H groups in total. The zero-order valence-electron chi connectivity index (χ0n) is 9.93. The molecule has 2 rings (SSSR count). The first-order valence-electron chi connectivity index (χ1n) is 5.57. The van der Waals surface area contributed by atoms with Gasteiger partial charge in [-0.05, 0) is 0 Å². The van der Waals surface area contributed by atoms with Gasteiger partial charge in [0.25, 0.3) is 0 Å². The number of hydrogen-bond acceptors (Lipinski definition) is 2. The molecule has 4 heteroatoms. The quantitative estimate of drug-likeness (QED) is 0.879. The topological polar surface area (TPSA) is 29.5 Å². The molecule has 0 heterocycles. The Labute approximate surface area is 120 Å². The summed E-state index contributed by atoms with van der Waals surface area (Å²) in [6.07, 6.45) is -0.459. The molecule has 0 spiro atoms. The van der Waals surface area contributed by atoms with E-state index in [2.05, 4.69) is 0 Å². The SMILES string of the molecule is CC(O)c1ccc(Oc2ccc(Cl)cc2[AsH2])cc1. The number of hydrogen-bond donors (Lipinski definition) is 1. The number of aliphatic hydroxyl groups is 1. The zero-order valence-corrected chi connectivity index (χ0v) is 13.1. The van der Waals surface area contributed by atoms with Crippen LogP contribution in [0.1, 0.15) is 18.6 Å². The molecule has 2 nitrogen and oxygen atoms in total. The van der Waals surface area contributed by atoms with E-state index in [9.17, 15) is 5.11 Å². The third-order valence-corrected chi connectivity index (χ3v) is 3.74. The number of benzene rings is 2. The predicted octanol–water partition coefficient (Wildman–Crippen LogP) is 2.44. The minimum absolute atomic E-state index is 0.459. The first kappa shape index (κ1) is 13.5. The van der Waals surface area contributed by atoms with E-state index in [1.165, 1.54) is 16.9 Å². The van der Waals surface area contributed by atoms with Crippen LogP contribution in [0.3, 0.4) is 0 Å². The predicted molar refractivity (Wildman–Crippen MR) is 76.8 cm³/mol. The van der Waals surface area contributed by atoms with Crippen LogP contribution in [0.2, 0.25) is 5.02 Å². The van der Waals surface area contributed by atoms with E-state index < -0.39 is 6.10 Å². The van der Waals surface area contributed by atoms with Crippen molar-refractivity contribution in [2.75, 3.05) is 0 Å². The van der Waals surface area contributed by atoms with Gasteiger partial charge < -0.3 is 0 Å². The molecule has 0 aromatic heterocycles. The third-order valence-electron chi connectivity index (χ3n) is 2.56. The normalized spacial score (nSPS) is 12.2. The van der Waals surface area contributed by atoms with E-state index in [4.69, 9.17) is 16.3 Å². The molecule has 0 aliphatic heterocycles. The minimum atomic E-state index is -0.459. The van der Waals surface area contributed by atoms with Crippen molar-refractivity contribution in [3.8, 4) is 11.5 Å². The third kappa shape index (κ3) is 3.29. The first-order chi connectivity index (χ1) is 8.56. The second-order valence-electron chi connectivity index (χ2n) is 4.03. The molecule has 0 radical (unpaired) electrons. The number of rotatable bonds is 3. The number of ether oxygens (including phenoxy) is 1. The average Bonchev–Trinajstić information content (AvgIpc) is 2.33. The Morgan fingerprint density at radius 2 is 1.83 bits per heavy atom. The van der Waals surface area contributed by atoms with Gasteiger partial charge >= 0.3 is 120 Å². The summed E-state index contributed by atoms with van der Waals surface area (Å²) in [6.45, 7) is 1.74. The summed E-state index contributed by atoms with van der Waals surface area (Å²) >= 11 is 7.37. The molecule has 2 atom stereocenters. The van der Waals surface area contributed by atoms with Crippen molar-refractivity contribution in [1.82, 2.24) is 0 Å². The monoisotopic (exact) mass is 324 g/mol. The summed E-state index contributed by atoms with van der Waals surface area (Å²) in [7, 11) is 0. The standard InChI is InChI=1S/C14H14AsClO2/c1-9(17)10-2-5-12(6-3-10)18-14-7-4-11(16)8-13(14)15/h2-9,17H,15H2,1H3. The molecule has 0 aliphatic rings. The molecule has 18 heavy (non-hydrogen) atoms. The summed E-state index contributed by atoms with van der Waals surface area (Å²) < 4.78 is 6.82. The summed E-state index contributed by atoms with van der Waals surface area (Å²) in [5, 5.41) is 10.1. The van der Waals surface area contributed by atoms with Gasteiger partial charge in [-0.25, -0.2) is 0 Å². The summed E-state index contributed by atoms with van der Waals surface area (Å²) in [6, 6.07) is 13.0. The second-order valence-corrected chi connectivity index (χ2v) is 5.77. The van der Waals surface area contributed by atoms with Crippen LogP contribution in [0.5, 0.6) is 11.5 Å². The second kappa shape index (κ2) is 5.79. The number of halogens is 1. The van der Waals surface area contributed by atoms with Gasteiger partial charge in [0.05, 0.1) is 0 Å². The van der Waals surface area contributed by atoms with Gasteiger partial charge in [-0.2, -0.15) is 0 Å². The van der Waals surface area contributed by atoms with Gasteiger partial charge in [-0.1, -0.05) is 0 Å². The van der Waals surface area contributed by atoms with Crippen LogP contribution in [-0.2, 0) is 0 Å². The Morgan fingerprint density at radius 1 is 1.17 bits per heavy atom. The van der Waals surface area contributed by atoms with Crippen molar-refractivity contribution in [3.05, 3.63) is 53.1 Å². The van der Waals surface area contributed by atoms with Gasteiger partial charge in [-0.15, -0.1) is 0 Å². The molecule has 2 aromatic carbocycles. The fraction of sp³-hybridized carbons (Fsp3) is 0.143. The average molecular weight is 325 g/mol. The van der Waals surface area contributed by atoms with Gasteiger partial charge in [0.2, 0.25) is 0 Å². The summed E-state index contributed by atoms with van der Waals surface area (Å²) in [5.74, 6) is 1.56. The molecule has 0 saturated heterocycles. The Bertz CT molecular complexity index is 538. The first-order valence-corrected chi connectivity index (χ1v) is 7.16. The molecule has 0 amide bonds.